The van der Waals surface area contributed by atoms with E-state index in [1.807, 2.05) is 0 Å². The fourth-order valence-electron chi connectivity index (χ4n) is 1.56. The molecule has 0 aliphatic rings. The Bertz CT molecular complexity index is 656. The van der Waals surface area contributed by atoms with Crippen LogP contribution in [0.2, 0.25) is 0 Å². The van der Waals surface area contributed by atoms with E-state index in [-0.39, 0.29) is 23.5 Å². The van der Waals surface area contributed by atoms with E-state index in [0.29, 0.717) is 0 Å². The summed E-state index contributed by atoms with van der Waals surface area (Å²) in [4.78, 5) is 7.38. The standard InChI is InChI=1S/C11H9F4N5O/c1-21-9-10(17-3-18-11(9)20-16)19-8-6(14)4(12)2-5(13)7(8)15/h2-3H,16H2,1H3,(H2,17,18,19,20). The molecule has 0 radical (unpaired) electrons. The zero-order valence-electron chi connectivity index (χ0n) is 10.5. The number of halogens is 4. The molecule has 0 bridgehead atoms. The summed E-state index contributed by atoms with van der Waals surface area (Å²) in [5.41, 5.74) is 1.12. The molecular formula is C11H9F4N5O. The molecule has 6 nitrogen and oxygen atoms in total. The van der Waals surface area contributed by atoms with Crippen molar-refractivity contribution in [1.29, 1.82) is 0 Å². The number of hydrogen-bond acceptors (Lipinski definition) is 6. The van der Waals surface area contributed by atoms with E-state index in [2.05, 4.69) is 20.7 Å². The Morgan fingerprint density at radius 1 is 1.05 bits per heavy atom. The van der Waals surface area contributed by atoms with Crippen LogP contribution in [0, 0.1) is 23.3 Å². The maximum atomic E-state index is 13.6. The van der Waals surface area contributed by atoms with Crippen molar-refractivity contribution < 1.29 is 22.3 Å². The molecule has 2 aromatic rings. The number of anilines is 3. The number of ether oxygens (including phenoxy) is 1. The molecule has 0 aliphatic carbocycles. The molecule has 0 unspecified atom stereocenters. The summed E-state index contributed by atoms with van der Waals surface area (Å²) in [7, 11) is 1.23. The third kappa shape index (κ3) is 2.65. The Balaban J connectivity index is 2.53. The van der Waals surface area contributed by atoms with Crippen molar-refractivity contribution in [3.8, 4) is 5.75 Å². The van der Waals surface area contributed by atoms with E-state index < -0.39 is 29.0 Å². The SMILES string of the molecule is COc1c(NN)ncnc1Nc1c(F)c(F)cc(F)c1F. The van der Waals surface area contributed by atoms with Crippen LogP contribution < -0.4 is 21.3 Å². The van der Waals surface area contributed by atoms with E-state index in [0.717, 1.165) is 6.33 Å². The van der Waals surface area contributed by atoms with Crippen molar-refractivity contribution in [3.63, 3.8) is 0 Å². The molecule has 10 heteroatoms. The van der Waals surface area contributed by atoms with Gasteiger partial charge in [0.25, 0.3) is 0 Å². The van der Waals surface area contributed by atoms with Gasteiger partial charge in [0.05, 0.1) is 7.11 Å². The molecule has 2 rings (SSSR count). The zero-order chi connectivity index (χ0) is 15.6. The van der Waals surface area contributed by atoms with Crippen LogP contribution in [0.4, 0.5) is 34.9 Å². The third-order valence-corrected chi connectivity index (χ3v) is 2.50. The summed E-state index contributed by atoms with van der Waals surface area (Å²) in [6.45, 7) is 0. The molecule has 0 saturated heterocycles. The Hall–Kier alpha value is -2.62. The minimum Gasteiger partial charge on any atom is -0.490 e. The highest BCUT2D eigenvalue weighted by molar-refractivity contribution is 5.69. The summed E-state index contributed by atoms with van der Waals surface area (Å²) in [5, 5.41) is 2.11. The lowest BCUT2D eigenvalue weighted by Crippen LogP contribution is -2.12. The Kier molecular flexibility index (Phi) is 4.08. The van der Waals surface area contributed by atoms with Gasteiger partial charge in [-0.25, -0.2) is 33.4 Å². The van der Waals surface area contributed by atoms with Crippen LogP contribution in [0.1, 0.15) is 0 Å². The average molecular weight is 303 g/mol. The highest BCUT2D eigenvalue weighted by Crippen LogP contribution is 2.33. The molecule has 0 amide bonds. The first-order valence-electron chi connectivity index (χ1n) is 5.45. The topological polar surface area (TPSA) is 85.1 Å². The van der Waals surface area contributed by atoms with Gasteiger partial charge in [0.15, 0.2) is 34.9 Å². The van der Waals surface area contributed by atoms with Gasteiger partial charge in [0, 0.05) is 6.07 Å². The lowest BCUT2D eigenvalue weighted by molar-refractivity contribution is 0.414. The van der Waals surface area contributed by atoms with Crippen LogP contribution in [0.15, 0.2) is 12.4 Å². The first-order valence-corrected chi connectivity index (χ1v) is 5.45. The number of nitrogen functional groups attached to an aromatic ring is 1. The molecule has 1 aromatic heterocycles. The van der Waals surface area contributed by atoms with E-state index in [9.17, 15) is 17.6 Å². The van der Waals surface area contributed by atoms with E-state index in [1.165, 1.54) is 7.11 Å². The second kappa shape index (κ2) is 5.79. The number of rotatable bonds is 4. The van der Waals surface area contributed by atoms with Crippen molar-refractivity contribution in [1.82, 2.24) is 9.97 Å². The van der Waals surface area contributed by atoms with Crippen LogP contribution in [-0.2, 0) is 0 Å². The smallest absolute Gasteiger partial charge is 0.205 e. The highest BCUT2D eigenvalue weighted by Gasteiger charge is 2.21. The van der Waals surface area contributed by atoms with Crippen LogP contribution in [0.3, 0.4) is 0 Å². The molecule has 1 aromatic carbocycles. The van der Waals surface area contributed by atoms with E-state index >= 15 is 0 Å². The molecular weight excluding hydrogens is 294 g/mol. The minimum atomic E-state index is -1.60. The maximum Gasteiger partial charge on any atom is 0.205 e. The summed E-state index contributed by atoms with van der Waals surface area (Å²) in [5.74, 6) is -1.45. The summed E-state index contributed by atoms with van der Waals surface area (Å²) in [6.07, 6.45) is 1.01. The quantitative estimate of drug-likeness (QED) is 0.347. The van der Waals surface area contributed by atoms with Crippen molar-refractivity contribution in [3.05, 3.63) is 35.7 Å². The van der Waals surface area contributed by atoms with Crippen molar-refractivity contribution >= 4 is 17.3 Å². The van der Waals surface area contributed by atoms with E-state index in [4.69, 9.17) is 10.6 Å². The predicted octanol–water partition coefficient (Wildman–Crippen LogP) is 2.07. The van der Waals surface area contributed by atoms with Gasteiger partial charge < -0.3 is 15.5 Å². The summed E-state index contributed by atoms with van der Waals surface area (Å²) < 4.78 is 58.3. The fourth-order valence-corrected chi connectivity index (χ4v) is 1.56. The minimum absolute atomic E-state index is 0.00712. The monoisotopic (exact) mass is 303 g/mol. The van der Waals surface area contributed by atoms with Gasteiger partial charge in [-0.1, -0.05) is 0 Å². The largest absolute Gasteiger partial charge is 0.490 e. The molecule has 0 aliphatic heterocycles. The number of hydrogen-bond donors (Lipinski definition) is 3. The first kappa shape index (κ1) is 14.8. The number of nitrogens with zero attached hydrogens (tertiary/aromatic N) is 2. The molecule has 1 heterocycles. The molecule has 0 atom stereocenters. The van der Waals surface area contributed by atoms with Gasteiger partial charge in [-0.2, -0.15) is 0 Å². The molecule has 112 valence electrons. The van der Waals surface area contributed by atoms with Crippen molar-refractivity contribution in [2.75, 3.05) is 17.9 Å². The number of nitrogens with one attached hydrogen (secondary N) is 2. The van der Waals surface area contributed by atoms with Crippen LogP contribution in [-0.4, -0.2) is 17.1 Å². The Morgan fingerprint density at radius 2 is 1.62 bits per heavy atom. The van der Waals surface area contributed by atoms with Gasteiger partial charge >= 0.3 is 0 Å². The predicted molar refractivity (Wildman–Crippen MR) is 66.0 cm³/mol. The molecule has 0 saturated carbocycles. The van der Waals surface area contributed by atoms with Crippen LogP contribution >= 0.6 is 0 Å². The highest BCUT2D eigenvalue weighted by atomic mass is 19.2. The van der Waals surface area contributed by atoms with Gasteiger partial charge in [-0.15, -0.1) is 0 Å². The fraction of sp³-hybridized carbons (Fsp3) is 0.0909. The number of benzene rings is 1. The Labute approximate surface area is 115 Å². The summed E-state index contributed by atoms with van der Waals surface area (Å²) in [6, 6.07) is 0.0971. The lowest BCUT2D eigenvalue weighted by atomic mass is 10.2. The maximum absolute atomic E-state index is 13.6. The van der Waals surface area contributed by atoms with Gasteiger partial charge in [-0.05, 0) is 0 Å². The van der Waals surface area contributed by atoms with Gasteiger partial charge in [-0.3, -0.25) is 0 Å². The number of hydrazine groups is 1. The van der Waals surface area contributed by atoms with E-state index in [1.54, 1.807) is 0 Å². The molecule has 0 fully saturated rings. The van der Waals surface area contributed by atoms with Crippen molar-refractivity contribution in [2.45, 2.75) is 0 Å². The Morgan fingerprint density at radius 3 is 2.14 bits per heavy atom. The average Bonchev–Trinajstić information content (AvgIpc) is 2.49. The van der Waals surface area contributed by atoms with Gasteiger partial charge in [0.2, 0.25) is 5.75 Å². The molecule has 0 spiro atoms. The summed E-state index contributed by atoms with van der Waals surface area (Å²) >= 11 is 0. The van der Waals surface area contributed by atoms with Crippen LogP contribution in [0.25, 0.3) is 0 Å². The van der Waals surface area contributed by atoms with Crippen LogP contribution in [0.5, 0.6) is 5.75 Å². The normalized spacial score (nSPS) is 10.4. The third-order valence-electron chi connectivity index (χ3n) is 2.50. The molecule has 21 heavy (non-hydrogen) atoms. The number of nitrogens with two attached hydrogens (primary N) is 1. The number of aromatic nitrogens is 2. The lowest BCUT2D eigenvalue weighted by Gasteiger charge is -2.13. The zero-order valence-corrected chi connectivity index (χ0v) is 10.5. The molecule has 4 N–H and O–H groups in total. The first-order chi connectivity index (χ1) is 9.99. The van der Waals surface area contributed by atoms with Gasteiger partial charge in [0.1, 0.15) is 12.0 Å². The van der Waals surface area contributed by atoms with Crippen molar-refractivity contribution in [2.24, 2.45) is 5.84 Å². The number of methoxy groups -OCH3 is 1. The second-order valence-corrected chi connectivity index (χ2v) is 3.72. The second-order valence-electron chi connectivity index (χ2n) is 3.72.